The van der Waals surface area contributed by atoms with Crippen LogP contribution in [0.4, 0.5) is 0 Å². The number of para-hydroxylation sites is 5. The molecule has 0 N–H and O–H groups in total. The molecule has 0 saturated heterocycles. The maximum Gasteiger partial charge on any atom is 0.164 e. The number of rotatable bonds is 8. The van der Waals surface area contributed by atoms with E-state index in [9.17, 15) is 0 Å². The maximum absolute atomic E-state index is 5.28. The smallest absolute Gasteiger partial charge is 0.164 e. The van der Waals surface area contributed by atoms with Crippen LogP contribution in [0.1, 0.15) is 0 Å². The number of fused-ring (bicyclic) bond motifs is 6. The molecule has 0 spiro atoms. The molecule has 0 radical (unpaired) electrons. The van der Waals surface area contributed by atoms with E-state index < -0.39 is 0 Å². The van der Waals surface area contributed by atoms with Gasteiger partial charge in [-0.15, -0.1) is 0 Å². The predicted molar refractivity (Wildman–Crippen MR) is 281 cm³/mol. The average Bonchev–Trinajstić information content (AvgIpc) is 3.94. The lowest BCUT2D eigenvalue weighted by atomic mass is 9.95. The first kappa shape index (κ1) is 39.2. The molecule has 0 fully saturated rings. The Balaban J connectivity index is 0.972. The molecule has 3 aromatic heterocycles. The Hall–Kier alpha value is -9.19. The van der Waals surface area contributed by atoms with Gasteiger partial charge in [-0.2, -0.15) is 0 Å². The van der Waals surface area contributed by atoms with Gasteiger partial charge in [0.05, 0.1) is 33.4 Å². The van der Waals surface area contributed by atoms with E-state index in [0.717, 1.165) is 72.5 Å². The minimum absolute atomic E-state index is 0.605. The molecule has 0 aliphatic rings. The summed E-state index contributed by atoms with van der Waals surface area (Å²) in [5, 5.41) is 4.89. The zero-order valence-electron chi connectivity index (χ0n) is 36.9. The van der Waals surface area contributed by atoms with Crippen molar-refractivity contribution in [2.75, 3.05) is 0 Å². The Bertz CT molecular complexity index is 3900. The van der Waals surface area contributed by atoms with Crippen molar-refractivity contribution >= 4 is 43.6 Å². The van der Waals surface area contributed by atoms with E-state index in [-0.39, 0.29) is 0 Å². The number of aromatic nitrogens is 5. The third kappa shape index (κ3) is 6.59. The molecule has 0 saturated carbocycles. The highest BCUT2D eigenvalue weighted by molar-refractivity contribution is 6.11. The van der Waals surface area contributed by atoms with Crippen LogP contribution in [-0.4, -0.2) is 24.1 Å². The van der Waals surface area contributed by atoms with Crippen molar-refractivity contribution in [1.29, 1.82) is 0 Å². The van der Waals surface area contributed by atoms with Crippen molar-refractivity contribution in [2.45, 2.75) is 0 Å². The fourth-order valence-corrected chi connectivity index (χ4v) is 10.1. The average molecular weight is 868 g/mol. The van der Waals surface area contributed by atoms with Gasteiger partial charge in [-0.05, 0) is 59.2 Å². The fraction of sp³-hybridized carbons (Fsp3) is 0. The van der Waals surface area contributed by atoms with E-state index in [1.54, 1.807) is 0 Å². The van der Waals surface area contributed by atoms with Crippen LogP contribution >= 0.6 is 0 Å². The molecule has 0 aliphatic heterocycles. The zero-order valence-corrected chi connectivity index (χ0v) is 36.9. The molecule has 0 atom stereocenters. The van der Waals surface area contributed by atoms with Crippen LogP contribution < -0.4 is 0 Å². The summed E-state index contributed by atoms with van der Waals surface area (Å²) in [4.78, 5) is 15.6. The number of nitrogens with zero attached hydrogens (tertiary/aromatic N) is 5. The number of benzene rings is 10. The first-order valence-electron chi connectivity index (χ1n) is 23.0. The zero-order chi connectivity index (χ0) is 45.0. The second-order valence-electron chi connectivity index (χ2n) is 17.2. The molecule has 0 amide bonds. The van der Waals surface area contributed by atoms with Gasteiger partial charge >= 0.3 is 0 Å². The Morgan fingerprint density at radius 1 is 0.235 bits per heavy atom. The van der Waals surface area contributed by atoms with E-state index in [4.69, 9.17) is 15.0 Å². The summed E-state index contributed by atoms with van der Waals surface area (Å²) in [5.41, 5.74) is 16.3. The summed E-state index contributed by atoms with van der Waals surface area (Å²) in [6.45, 7) is 0. The largest absolute Gasteiger partial charge is 0.309 e. The molecule has 13 rings (SSSR count). The fourth-order valence-electron chi connectivity index (χ4n) is 10.1. The van der Waals surface area contributed by atoms with E-state index in [2.05, 4.69) is 240 Å². The van der Waals surface area contributed by atoms with Gasteiger partial charge in [0, 0.05) is 54.9 Å². The van der Waals surface area contributed by atoms with Gasteiger partial charge in [0.1, 0.15) is 0 Å². The molecule has 5 nitrogen and oxygen atoms in total. The first-order valence-corrected chi connectivity index (χ1v) is 23.0. The normalized spacial score (nSPS) is 11.5. The van der Waals surface area contributed by atoms with Crippen molar-refractivity contribution in [2.24, 2.45) is 0 Å². The molecule has 0 unspecified atom stereocenters. The first-order chi connectivity index (χ1) is 33.7. The van der Waals surface area contributed by atoms with E-state index in [0.29, 0.717) is 17.5 Å². The molecule has 0 bridgehead atoms. The van der Waals surface area contributed by atoms with Gasteiger partial charge in [-0.1, -0.05) is 206 Å². The van der Waals surface area contributed by atoms with Crippen LogP contribution in [0.15, 0.2) is 249 Å². The summed E-state index contributed by atoms with van der Waals surface area (Å²) in [6, 6.07) is 88.2. The second-order valence-corrected chi connectivity index (χ2v) is 17.2. The molecule has 5 heteroatoms. The van der Waals surface area contributed by atoms with Crippen molar-refractivity contribution in [1.82, 2.24) is 24.1 Å². The summed E-state index contributed by atoms with van der Waals surface area (Å²) in [6.07, 6.45) is 0. The molecule has 10 aromatic carbocycles. The van der Waals surface area contributed by atoms with Gasteiger partial charge in [0.15, 0.2) is 17.5 Å². The van der Waals surface area contributed by atoms with E-state index in [1.165, 1.54) is 32.6 Å². The van der Waals surface area contributed by atoms with Crippen molar-refractivity contribution in [3.8, 4) is 78.9 Å². The van der Waals surface area contributed by atoms with Crippen LogP contribution in [0.5, 0.6) is 0 Å². The highest BCUT2D eigenvalue weighted by atomic mass is 15.0. The Kier molecular flexibility index (Phi) is 9.43. The van der Waals surface area contributed by atoms with E-state index >= 15 is 0 Å². The molecule has 3 heterocycles. The third-order valence-electron chi connectivity index (χ3n) is 13.2. The van der Waals surface area contributed by atoms with Gasteiger partial charge in [-0.3, -0.25) is 0 Å². The minimum Gasteiger partial charge on any atom is -0.309 e. The monoisotopic (exact) mass is 867 g/mol. The molecular weight excluding hydrogens is 827 g/mol. The summed E-state index contributed by atoms with van der Waals surface area (Å²) in [7, 11) is 0. The molecular formula is C63H41N5. The lowest BCUT2D eigenvalue weighted by molar-refractivity contribution is 1.07. The predicted octanol–water partition coefficient (Wildman–Crippen LogP) is 16.1. The van der Waals surface area contributed by atoms with Crippen LogP contribution in [0.2, 0.25) is 0 Å². The molecule has 68 heavy (non-hydrogen) atoms. The quantitative estimate of drug-likeness (QED) is 0.153. The highest BCUT2D eigenvalue weighted by Crippen LogP contribution is 2.42. The molecule has 318 valence electrons. The minimum atomic E-state index is 0.605. The Morgan fingerprint density at radius 2 is 0.574 bits per heavy atom. The SMILES string of the molecule is c1ccc(-c2nc(-c3ccc(-c4cccc(-c5ccccc5)c4-n4c5ccccc5c5ccccc54)cc3)nc(-c3ccc(-n4c5ccccc5c5ccccc54)c(-c4ccccc4)c3)n2)cc1. The lowest BCUT2D eigenvalue weighted by Gasteiger charge is -2.19. The van der Waals surface area contributed by atoms with Gasteiger partial charge in [-0.25, -0.2) is 15.0 Å². The third-order valence-corrected chi connectivity index (χ3v) is 13.2. The van der Waals surface area contributed by atoms with Gasteiger partial charge in [0.25, 0.3) is 0 Å². The van der Waals surface area contributed by atoms with E-state index in [1.807, 2.05) is 18.2 Å². The van der Waals surface area contributed by atoms with Gasteiger partial charge < -0.3 is 9.13 Å². The second kappa shape index (κ2) is 16.4. The van der Waals surface area contributed by atoms with Crippen LogP contribution in [0.25, 0.3) is 123 Å². The lowest BCUT2D eigenvalue weighted by Crippen LogP contribution is -2.02. The summed E-state index contributed by atoms with van der Waals surface area (Å²) >= 11 is 0. The van der Waals surface area contributed by atoms with Crippen LogP contribution in [0, 0.1) is 0 Å². The molecule has 0 aliphatic carbocycles. The van der Waals surface area contributed by atoms with Crippen molar-refractivity contribution < 1.29 is 0 Å². The van der Waals surface area contributed by atoms with Gasteiger partial charge in [0.2, 0.25) is 0 Å². The molecule has 13 aromatic rings. The number of hydrogen-bond donors (Lipinski definition) is 0. The maximum atomic E-state index is 5.28. The Morgan fingerprint density at radius 3 is 1.06 bits per heavy atom. The topological polar surface area (TPSA) is 48.5 Å². The summed E-state index contributed by atoms with van der Waals surface area (Å²) < 4.78 is 4.83. The Labute approximate surface area is 393 Å². The number of hydrogen-bond acceptors (Lipinski definition) is 3. The van der Waals surface area contributed by atoms with Crippen molar-refractivity contribution in [3.05, 3.63) is 249 Å². The van der Waals surface area contributed by atoms with Crippen LogP contribution in [0.3, 0.4) is 0 Å². The standard InChI is InChI=1S/C63H41N5/c1-4-19-42(20-5-1)48-29-18-30-49(60(48)68-57-33-16-12-27-52(57)53-28-13-17-34-58(53)68)44-35-37-46(38-36-44)62-64-61(45-23-8-3-9-24-45)65-63(66-62)47-39-40-59(54(41-47)43-21-6-2-7-22-43)67-55-31-14-10-25-50(55)51-26-11-15-32-56(51)67/h1-41H. The summed E-state index contributed by atoms with van der Waals surface area (Å²) in [5.74, 6) is 1.83. The van der Waals surface area contributed by atoms with Crippen LogP contribution in [-0.2, 0) is 0 Å². The van der Waals surface area contributed by atoms with Crippen molar-refractivity contribution in [3.63, 3.8) is 0 Å². The highest BCUT2D eigenvalue weighted by Gasteiger charge is 2.22.